The number of thiazole rings is 1. The van der Waals surface area contributed by atoms with E-state index < -0.39 is 0 Å². The van der Waals surface area contributed by atoms with E-state index in [2.05, 4.69) is 15.4 Å². The van der Waals surface area contributed by atoms with E-state index in [0.717, 1.165) is 10.6 Å². The molecule has 2 aromatic heterocycles. The number of nitrogens with one attached hydrogen (secondary N) is 2. The molecule has 0 amide bonds. The first-order valence-corrected chi connectivity index (χ1v) is 4.33. The zero-order chi connectivity index (χ0) is 8.39. The van der Waals surface area contributed by atoms with Gasteiger partial charge in [0.25, 0.3) is 0 Å². The zero-order valence-electron chi connectivity index (χ0n) is 6.24. The number of nitrogens with two attached hydrogens (primary N) is 1. The molecule has 4 N–H and O–H groups in total. The molecular weight excluding hydrogens is 172 g/mol. The summed E-state index contributed by atoms with van der Waals surface area (Å²) in [5.74, 6) is 5.91. The highest BCUT2D eigenvalue weighted by Crippen LogP contribution is 2.24. The smallest absolute Gasteiger partial charge is 0.151 e. The Morgan fingerprint density at radius 3 is 3.08 bits per heavy atom. The van der Waals surface area contributed by atoms with E-state index in [9.17, 15) is 0 Å². The van der Waals surface area contributed by atoms with Crippen molar-refractivity contribution >= 4 is 17.2 Å². The number of H-pyrrole nitrogens is 1. The number of hydrogen-bond acceptors (Lipinski definition) is 4. The van der Waals surface area contributed by atoms with Gasteiger partial charge >= 0.3 is 0 Å². The summed E-state index contributed by atoms with van der Waals surface area (Å²) in [5, 5.41) is 2.84. The van der Waals surface area contributed by atoms with Crippen molar-refractivity contribution in [3.05, 3.63) is 23.8 Å². The van der Waals surface area contributed by atoms with Crippen LogP contribution in [0, 0.1) is 0 Å². The predicted octanol–water partition coefficient (Wildman–Crippen LogP) is 1.42. The summed E-state index contributed by atoms with van der Waals surface area (Å²) < 4.78 is 0. The summed E-state index contributed by atoms with van der Waals surface area (Å²) in [4.78, 5) is 7.20. The lowest BCUT2D eigenvalue weighted by Gasteiger charge is -1.89. The molecule has 0 radical (unpaired) electrons. The van der Waals surface area contributed by atoms with E-state index >= 15 is 0 Å². The topological polar surface area (TPSA) is 66.7 Å². The van der Waals surface area contributed by atoms with Crippen LogP contribution in [-0.4, -0.2) is 9.97 Å². The number of aromatic amines is 1. The molecule has 2 rings (SSSR count). The third-order valence-corrected chi connectivity index (χ3v) is 2.39. The van der Waals surface area contributed by atoms with E-state index in [1.807, 2.05) is 23.8 Å². The van der Waals surface area contributed by atoms with E-state index in [0.29, 0.717) is 5.82 Å². The first-order chi connectivity index (χ1) is 5.90. The number of anilines is 1. The molecule has 0 saturated carbocycles. The average Bonchev–Trinajstić information content (AvgIpc) is 2.75. The molecule has 0 saturated heterocycles. The molecule has 2 heterocycles. The van der Waals surface area contributed by atoms with Crippen LogP contribution in [0.5, 0.6) is 0 Å². The second kappa shape index (κ2) is 2.96. The van der Waals surface area contributed by atoms with Gasteiger partial charge in [-0.15, -0.1) is 11.3 Å². The van der Waals surface area contributed by atoms with Crippen molar-refractivity contribution < 1.29 is 0 Å². The van der Waals surface area contributed by atoms with Gasteiger partial charge in [-0.2, -0.15) is 0 Å². The van der Waals surface area contributed by atoms with Gasteiger partial charge < -0.3 is 10.4 Å². The molecule has 0 spiro atoms. The van der Waals surface area contributed by atoms with Gasteiger partial charge in [-0.25, -0.2) is 10.8 Å². The van der Waals surface area contributed by atoms with Crippen molar-refractivity contribution in [2.75, 3.05) is 5.43 Å². The Hall–Kier alpha value is -1.33. The maximum absolute atomic E-state index is 5.20. The Labute approximate surface area is 73.4 Å². The molecule has 0 aromatic carbocycles. The summed E-state index contributed by atoms with van der Waals surface area (Å²) >= 11 is 1.56. The SMILES string of the molecule is NNc1csc(-c2cc[nH]c2)n1. The lowest BCUT2D eigenvalue weighted by Crippen LogP contribution is -2.06. The number of nitrogen functional groups attached to an aromatic ring is 1. The van der Waals surface area contributed by atoms with Gasteiger partial charge in [-0.05, 0) is 6.07 Å². The summed E-state index contributed by atoms with van der Waals surface area (Å²) in [6.07, 6.45) is 3.77. The third-order valence-electron chi connectivity index (χ3n) is 1.50. The average molecular weight is 180 g/mol. The molecule has 4 nitrogen and oxygen atoms in total. The zero-order valence-corrected chi connectivity index (χ0v) is 7.06. The van der Waals surface area contributed by atoms with Crippen molar-refractivity contribution in [2.24, 2.45) is 5.84 Å². The number of hydrogen-bond donors (Lipinski definition) is 3. The van der Waals surface area contributed by atoms with Crippen molar-refractivity contribution in [3.63, 3.8) is 0 Å². The molecule has 0 aliphatic heterocycles. The van der Waals surface area contributed by atoms with Gasteiger partial charge in [0.2, 0.25) is 0 Å². The van der Waals surface area contributed by atoms with Crippen LogP contribution in [0.15, 0.2) is 23.8 Å². The van der Waals surface area contributed by atoms with Gasteiger partial charge in [-0.3, -0.25) is 0 Å². The van der Waals surface area contributed by atoms with Crippen molar-refractivity contribution in [3.8, 4) is 10.6 Å². The minimum absolute atomic E-state index is 0.705. The highest BCUT2D eigenvalue weighted by atomic mass is 32.1. The second-order valence-corrected chi connectivity index (χ2v) is 3.14. The highest BCUT2D eigenvalue weighted by Gasteiger charge is 2.02. The fourth-order valence-corrected chi connectivity index (χ4v) is 1.69. The van der Waals surface area contributed by atoms with Crippen LogP contribution in [0.1, 0.15) is 0 Å². The monoisotopic (exact) mass is 180 g/mol. The Morgan fingerprint density at radius 2 is 2.50 bits per heavy atom. The molecule has 0 atom stereocenters. The van der Waals surface area contributed by atoms with Crippen LogP contribution in [0.3, 0.4) is 0 Å². The third kappa shape index (κ3) is 1.19. The maximum Gasteiger partial charge on any atom is 0.151 e. The van der Waals surface area contributed by atoms with Gasteiger partial charge in [0.1, 0.15) is 5.01 Å². The van der Waals surface area contributed by atoms with E-state index in [1.165, 1.54) is 0 Å². The van der Waals surface area contributed by atoms with Crippen LogP contribution >= 0.6 is 11.3 Å². The van der Waals surface area contributed by atoms with Crippen LogP contribution in [-0.2, 0) is 0 Å². The molecule has 62 valence electrons. The van der Waals surface area contributed by atoms with Gasteiger partial charge in [0.05, 0.1) is 0 Å². The molecule has 5 heteroatoms. The minimum Gasteiger partial charge on any atom is -0.367 e. The van der Waals surface area contributed by atoms with Gasteiger partial charge in [-0.1, -0.05) is 0 Å². The number of rotatable bonds is 2. The van der Waals surface area contributed by atoms with E-state index in [-0.39, 0.29) is 0 Å². The highest BCUT2D eigenvalue weighted by molar-refractivity contribution is 7.13. The number of aromatic nitrogens is 2. The second-order valence-electron chi connectivity index (χ2n) is 2.28. The van der Waals surface area contributed by atoms with Crippen molar-refractivity contribution in [2.45, 2.75) is 0 Å². The Balaban J connectivity index is 2.35. The van der Waals surface area contributed by atoms with E-state index in [1.54, 1.807) is 11.3 Å². The van der Waals surface area contributed by atoms with Crippen LogP contribution in [0.2, 0.25) is 0 Å². The lowest BCUT2D eigenvalue weighted by molar-refractivity contribution is 1.27. The molecule has 0 aliphatic rings. The lowest BCUT2D eigenvalue weighted by atomic mass is 10.4. The fraction of sp³-hybridized carbons (Fsp3) is 0. The first kappa shape index (κ1) is 7.33. The Bertz CT molecular complexity index is 351. The van der Waals surface area contributed by atoms with Crippen LogP contribution in [0.4, 0.5) is 5.82 Å². The molecular formula is C7H8N4S. The standard InChI is InChI=1S/C7H8N4S/c8-11-6-4-12-7(10-6)5-1-2-9-3-5/h1-4,9,11H,8H2. The Kier molecular flexibility index (Phi) is 1.81. The largest absolute Gasteiger partial charge is 0.367 e. The molecule has 12 heavy (non-hydrogen) atoms. The normalized spacial score (nSPS) is 10.1. The van der Waals surface area contributed by atoms with Gasteiger partial charge in [0.15, 0.2) is 5.82 Å². The summed E-state index contributed by atoms with van der Waals surface area (Å²) in [6, 6.07) is 1.97. The fourth-order valence-electron chi connectivity index (χ4n) is 0.930. The van der Waals surface area contributed by atoms with Crippen molar-refractivity contribution in [1.82, 2.24) is 9.97 Å². The van der Waals surface area contributed by atoms with Crippen LogP contribution in [0.25, 0.3) is 10.6 Å². The van der Waals surface area contributed by atoms with Crippen molar-refractivity contribution in [1.29, 1.82) is 0 Å². The van der Waals surface area contributed by atoms with Crippen LogP contribution < -0.4 is 11.3 Å². The van der Waals surface area contributed by atoms with E-state index in [4.69, 9.17) is 5.84 Å². The van der Waals surface area contributed by atoms with Gasteiger partial charge in [0, 0.05) is 23.3 Å². The predicted molar refractivity (Wildman–Crippen MR) is 49.7 cm³/mol. The minimum atomic E-state index is 0.705. The maximum atomic E-state index is 5.20. The molecule has 0 unspecified atom stereocenters. The summed E-state index contributed by atoms with van der Waals surface area (Å²) in [5.41, 5.74) is 3.58. The summed E-state index contributed by atoms with van der Waals surface area (Å²) in [6.45, 7) is 0. The molecule has 0 bridgehead atoms. The number of nitrogens with zero attached hydrogens (tertiary/aromatic N) is 1. The first-order valence-electron chi connectivity index (χ1n) is 3.45. The Morgan fingerprint density at radius 1 is 1.58 bits per heavy atom. The molecule has 0 aliphatic carbocycles. The molecule has 0 fully saturated rings. The molecule has 2 aromatic rings. The number of hydrazine groups is 1. The summed E-state index contributed by atoms with van der Waals surface area (Å²) in [7, 11) is 0. The quantitative estimate of drug-likeness (QED) is 0.483.